The van der Waals surface area contributed by atoms with Gasteiger partial charge in [-0.25, -0.2) is 0 Å². The van der Waals surface area contributed by atoms with Crippen LogP contribution in [0.4, 0.5) is 0 Å². The maximum atomic E-state index is 10.0. The van der Waals surface area contributed by atoms with Gasteiger partial charge >= 0.3 is 0 Å². The van der Waals surface area contributed by atoms with Crippen LogP contribution in [0.1, 0.15) is 31.7 Å². The highest BCUT2D eigenvalue weighted by molar-refractivity contribution is 5.68. The molecule has 0 aliphatic carbocycles. The first-order valence-corrected chi connectivity index (χ1v) is 5.84. The summed E-state index contributed by atoms with van der Waals surface area (Å²) in [5.74, 6) is 0. The van der Waals surface area contributed by atoms with Crippen LogP contribution in [0.25, 0.3) is 5.57 Å². The van der Waals surface area contributed by atoms with Crippen molar-refractivity contribution in [2.45, 2.75) is 32.3 Å². The van der Waals surface area contributed by atoms with Crippen molar-refractivity contribution in [2.75, 3.05) is 6.61 Å². The average molecular weight is 220 g/mol. The van der Waals surface area contributed by atoms with Crippen LogP contribution in [-0.4, -0.2) is 22.9 Å². The molecule has 0 radical (unpaired) electrons. The Morgan fingerprint density at radius 1 is 1.31 bits per heavy atom. The Balaban J connectivity index is 2.87. The monoisotopic (exact) mass is 220 g/mol. The molecule has 1 unspecified atom stereocenters. The summed E-state index contributed by atoms with van der Waals surface area (Å²) in [7, 11) is 0. The standard InChI is InChI=1S/C14H20O2/c1-2-7-14(16)13(10-6-11-15)12-8-4-3-5-9-12/h3-5,8-10,14-16H,2,6-7,11H2,1H3/b13-10+. The van der Waals surface area contributed by atoms with E-state index >= 15 is 0 Å². The Bertz CT molecular complexity index is 317. The van der Waals surface area contributed by atoms with Crippen LogP contribution in [0.5, 0.6) is 0 Å². The molecule has 88 valence electrons. The van der Waals surface area contributed by atoms with Gasteiger partial charge in [0, 0.05) is 6.61 Å². The molecule has 16 heavy (non-hydrogen) atoms. The summed E-state index contributed by atoms with van der Waals surface area (Å²) in [6.45, 7) is 2.17. The SMILES string of the molecule is CCCC(O)/C(=C/CCO)c1ccccc1. The molecule has 0 saturated carbocycles. The number of aliphatic hydroxyl groups excluding tert-OH is 2. The van der Waals surface area contributed by atoms with E-state index in [1.807, 2.05) is 36.4 Å². The van der Waals surface area contributed by atoms with Crippen LogP contribution in [0.15, 0.2) is 36.4 Å². The van der Waals surface area contributed by atoms with Crippen LogP contribution >= 0.6 is 0 Å². The van der Waals surface area contributed by atoms with E-state index < -0.39 is 6.10 Å². The molecule has 0 heterocycles. The van der Waals surface area contributed by atoms with Crippen molar-refractivity contribution < 1.29 is 10.2 Å². The lowest BCUT2D eigenvalue weighted by molar-refractivity contribution is 0.220. The second kappa shape index (κ2) is 7.20. The smallest absolute Gasteiger partial charge is 0.0792 e. The fourth-order valence-electron chi connectivity index (χ4n) is 1.73. The minimum absolute atomic E-state index is 0.120. The molecule has 1 aromatic rings. The van der Waals surface area contributed by atoms with Gasteiger partial charge in [-0.1, -0.05) is 49.8 Å². The number of benzene rings is 1. The molecule has 0 aliphatic heterocycles. The van der Waals surface area contributed by atoms with Gasteiger partial charge in [0.2, 0.25) is 0 Å². The number of aliphatic hydroxyl groups is 2. The van der Waals surface area contributed by atoms with Crippen LogP contribution in [0, 0.1) is 0 Å². The lowest BCUT2D eigenvalue weighted by atomic mass is 9.96. The predicted molar refractivity (Wildman–Crippen MR) is 67.0 cm³/mol. The third kappa shape index (κ3) is 3.80. The van der Waals surface area contributed by atoms with E-state index in [0.29, 0.717) is 6.42 Å². The van der Waals surface area contributed by atoms with Crippen molar-refractivity contribution in [3.63, 3.8) is 0 Å². The van der Waals surface area contributed by atoms with Crippen LogP contribution in [0.3, 0.4) is 0 Å². The third-order valence-electron chi connectivity index (χ3n) is 2.52. The van der Waals surface area contributed by atoms with Gasteiger partial charge in [-0.3, -0.25) is 0 Å². The Morgan fingerprint density at radius 2 is 2.00 bits per heavy atom. The second-order valence-corrected chi connectivity index (χ2v) is 3.84. The van der Waals surface area contributed by atoms with Gasteiger partial charge in [0.25, 0.3) is 0 Å². The first-order chi connectivity index (χ1) is 7.79. The molecule has 2 nitrogen and oxygen atoms in total. The van der Waals surface area contributed by atoms with Crippen molar-refractivity contribution in [1.29, 1.82) is 0 Å². The second-order valence-electron chi connectivity index (χ2n) is 3.84. The Hall–Kier alpha value is -1.12. The van der Waals surface area contributed by atoms with Crippen molar-refractivity contribution in [1.82, 2.24) is 0 Å². The van der Waals surface area contributed by atoms with E-state index in [-0.39, 0.29) is 6.61 Å². The van der Waals surface area contributed by atoms with Crippen molar-refractivity contribution in [3.8, 4) is 0 Å². The van der Waals surface area contributed by atoms with E-state index in [2.05, 4.69) is 6.92 Å². The van der Waals surface area contributed by atoms with Gasteiger partial charge in [0.15, 0.2) is 0 Å². The summed E-state index contributed by atoms with van der Waals surface area (Å²) in [6.07, 6.45) is 3.79. The van der Waals surface area contributed by atoms with Crippen LogP contribution in [-0.2, 0) is 0 Å². The van der Waals surface area contributed by atoms with Crippen molar-refractivity contribution in [2.24, 2.45) is 0 Å². The van der Waals surface area contributed by atoms with Crippen molar-refractivity contribution in [3.05, 3.63) is 42.0 Å². The van der Waals surface area contributed by atoms with Gasteiger partial charge in [-0.2, -0.15) is 0 Å². The Kier molecular flexibility index (Phi) is 5.83. The molecule has 2 heteroatoms. The summed E-state index contributed by atoms with van der Waals surface area (Å²) >= 11 is 0. The summed E-state index contributed by atoms with van der Waals surface area (Å²) in [4.78, 5) is 0. The molecule has 0 spiro atoms. The summed E-state index contributed by atoms with van der Waals surface area (Å²) in [5, 5.41) is 18.9. The first-order valence-electron chi connectivity index (χ1n) is 5.84. The lowest BCUT2D eigenvalue weighted by Crippen LogP contribution is -2.09. The average Bonchev–Trinajstić information content (AvgIpc) is 2.31. The minimum Gasteiger partial charge on any atom is -0.396 e. The number of hydrogen-bond donors (Lipinski definition) is 2. The summed E-state index contributed by atoms with van der Waals surface area (Å²) < 4.78 is 0. The fourth-order valence-corrected chi connectivity index (χ4v) is 1.73. The van der Waals surface area contributed by atoms with Crippen LogP contribution < -0.4 is 0 Å². The predicted octanol–water partition coefficient (Wildman–Crippen LogP) is 2.61. The zero-order chi connectivity index (χ0) is 11.8. The zero-order valence-electron chi connectivity index (χ0n) is 9.76. The Morgan fingerprint density at radius 3 is 2.56 bits per heavy atom. The molecule has 0 bridgehead atoms. The molecular weight excluding hydrogens is 200 g/mol. The molecule has 1 rings (SSSR count). The topological polar surface area (TPSA) is 40.5 Å². The molecule has 0 amide bonds. The molecular formula is C14H20O2. The van der Waals surface area contributed by atoms with Gasteiger partial charge < -0.3 is 10.2 Å². The van der Waals surface area contributed by atoms with E-state index in [0.717, 1.165) is 24.0 Å². The number of rotatable bonds is 6. The Labute approximate surface area is 97.2 Å². The minimum atomic E-state index is -0.432. The quantitative estimate of drug-likeness (QED) is 0.773. The van der Waals surface area contributed by atoms with Gasteiger partial charge in [0.1, 0.15) is 0 Å². The summed E-state index contributed by atoms with van der Waals surface area (Å²) in [5.41, 5.74) is 1.97. The fraction of sp³-hybridized carbons (Fsp3) is 0.429. The van der Waals surface area contributed by atoms with Gasteiger partial charge in [-0.05, 0) is 24.0 Å². The number of hydrogen-bond acceptors (Lipinski definition) is 2. The third-order valence-corrected chi connectivity index (χ3v) is 2.52. The van der Waals surface area contributed by atoms with Gasteiger partial charge in [0.05, 0.1) is 6.10 Å². The molecule has 1 aromatic carbocycles. The molecule has 0 fully saturated rings. The van der Waals surface area contributed by atoms with Gasteiger partial charge in [-0.15, -0.1) is 0 Å². The zero-order valence-corrected chi connectivity index (χ0v) is 9.76. The van der Waals surface area contributed by atoms with E-state index in [9.17, 15) is 5.11 Å². The largest absolute Gasteiger partial charge is 0.396 e. The highest BCUT2D eigenvalue weighted by Gasteiger charge is 2.11. The molecule has 1 atom stereocenters. The highest BCUT2D eigenvalue weighted by Crippen LogP contribution is 2.21. The molecule has 2 N–H and O–H groups in total. The molecule has 0 saturated heterocycles. The maximum Gasteiger partial charge on any atom is 0.0792 e. The first kappa shape index (κ1) is 12.9. The van der Waals surface area contributed by atoms with E-state index in [4.69, 9.17) is 5.11 Å². The molecule has 0 aromatic heterocycles. The summed E-state index contributed by atoms with van der Waals surface area (Å²) in [6, 6.07) is 9.85. The highest BCUT2D eigenvalue weighted by atomic mass is 16.3. The molecule has 0 aliphatic rings. The van der Waals surface area contributed by atoms with Crippen molar-refractivity contribution >= 4 is 5.57 Å². The van der Waals surface area contributed by atoms with E-state index in [1.54, 1.807) is 0 Å². The van der Waals surface area contributed by atoms with Crippen LogP contribution in [0.2, 0.25) is 0 Å². The lowest BCUT2D eigenvalue weighted by Gasteiger charge is -2.14. The maximum absolute atomic E-state index is 10.0. The normalized spacial score (nSPS) is 13.8. The van der Waals surface area contributed by atoms with E-state index in [1.165, 1.54) is 0 Å².